The van der Waals surface area contributed by atoms with Crippen LogP contribution in [-0.2, 0) is 11.3 Å². The molecular weight excluding hydrogens is 356 g/mol. The highest BCUT2D eigenvalue weighted by atomic mass is 35.5. The van der Waals surface area contributed by atoms with Crippen molar-refractivity contribution in [3.63, 3.8) is 0 Å². The second-order valence-electron chi connectivity index (χ2n) is 5.50. The molecular formula is C19H17ClN2O2S. The van der Waals surface area contributed by atoms with E-state index in [0.29, 0.717) is 17.3 Å². The largest absolute Gasteiger partial charge is 0.496 e. The third-order valence-corrected chi connectivity index (χ3v) is 4.94. The number of methoxy groups -OCH3 is 1. The molecule has 1 amide bonds. The Balaban J connectivity index is 1.71. The predicted octanol–water partition coefficient (Wildman–Crippen LogP) is 4.63. The number of likely N-dealkylation sites (N-methyl/N-ethyl adjacent to an activating group) is 1. The standard InChI is InChI=1S/C19H17ClN2O2S/c1-22(12-13-11-14(20)7-8-16(13)24-2)19(23)10-9-18-21-15-5-3-4-6-17(15)25-18/h3-11H,12H2,1-2H3/b10-9+. The molecule has 4 nitrogen and oxygen atoms in total. The van der Waals surface area contributed by atoms with E-state index >= 15 is 0 Å². The van der Waals surface area contributed by atoms with Crippen molar-refractivity contribution < 1.29 is 9.53 Å². The molecule has 0 radical (unpaired) electrons. The number of para-hydroxylation sites is 1. The van der Waals surface area contributed by atoms with E-state index in [1.807, 2.05) is 24.3 Å². The summed E-state index contributed by atoms with van der Waals surface area (Å²) >= 11 is 7.59. The number of halogens is 1. The van der Waals surface area contributed by atoms with Gasteiger partial charge in [0.1, 0.15) is 10.8 Å². The van der Waals surface area contributed by atoms with Crippen LogP contribution in [0.5, 0.6) is 5.75 Å². The fourth-order valence-electron chi connectivity index (χ4n) is 2.44. The van der Waals surface area contributed by atoms with Gasteiger partial charge in [-0.1, -0.05) is 23.7 Å². The molecule has 0 aliphatic heterocycles. The maximum Gasteiger partial charge on any atom is 0.246 e. The molecule has 1 aromatic heterocycles. The molecule has 0 atom stereocenters. The van der Waals surface area contributed by atoms with Gasteiger partial charge in [0.25, 0.3) is 0 Å². The van der Waals surface area contributed by atoms with Crippen LogP contribution in [0.1, 0.15) is 10.6 Å². The summed E-state index contributed by atoms with van der Waals surface area (Å²) in [5.41, 5.74) is 1.80. The smallest absolute Gasteiger partial charge is 0.246 e. The van der Waals surface area contributed by atoms with Crippen molar-refractivity contribution in [1.29, 1.82) is 0 Å². The van der Waals surface area contributed by atoms with E-state index in [1.54, 1.807) is 54.7 Å². The van der Waals surface area contributed by atoms with E-state index in [0.717, 1.165) is 20.8 Å². The number of carbonyl (C=O) groups is 1. The van der Waals surface area contributed by atoms with Crippen LogP contribution in [0.15, 0.2) is 48.5 Å². The average molecular weight is 373 g/mol. The van der Waals surface area contributed by atoms with Crippen LogP contribution >= 0.6 is 22.9 Å². The van der Waals surface area contributed by atoms with Gasteiger partial charge < -0.3 is 9.64 Å². The lowest BCUT2D eigenvalue weighted by atomic mass is 10.2. The van der Waals surface area contributed by atoms with Crippen molar-refractivity contribution in [1.82, 2.24) is 9.88 Å². The number of hydrogen-bond donors (Lipinski definition) is 0. The summed E-state index contributed by atoms with van der Waals surface area (Å²) in [5.74, 6) is 0.598. The first-order chi connectivity index (χ1) is 12.1. The molecule has 0 aliphatic carbocycles. The van der Waals surface area contributed by atoms with E-state index < -0.39 is 0 Å². The molecule has 0 unspecified atom stereocenters. The van der Waals surface area contributed by atoms with Gasteiger partial charge in [0, 0.05) is 30.3 Å². The van der Waals surface area contributed by atoms with Crippen molar-refractivity contribution in [2.75, 3.05) is 14.2 Å². The van der Waals surface area contributed by atoms with Gasteiger partial charge >= 0.3 is 0 Å². The van der Waals surface area contributed by atoms with Crippen LogP contribution in [-0.4, -0.2) is 29.9 Å². The topological polar surface area (TPSA) is 42.4 Å². The van der Waals surface area contributed by atoms with Gasteiger partial charge in [-0.2, -0.15) is 0 Å². The lowest BCUT2D eigenvalue weighted by molar-refractivity contribution is -0.125. The highest BCUT2D eigenvalue weighted by molar-refractivity contribution is 7.19. The van der Waals surface area contributed by atoms with Gasteiger partial charge in [-0.3, -0.25) is 4.79 Å². The highest BCUT2D eigenvalue weighted by Crippen LogP contribution is 2.24. The minimum atomic E-state index is -0.110. The molecule has 0 bridgehead atoms. The van der Waals surface area contributed by atoms with Crippen LogP contribution in [0.3, 0.4) is 0 Å². The van der Waals surface area contributed by atoms with Crippen molar-refractivity contribution in [3.05, 3.63) is 64.1 Å². The van der Waals surface area contributed by atoms with E-state index in [4.69, 9.17) is 16.3 Å². The molecule has 6 heteroatoms. The summed E-state index contributed by atoms with van der Waals surface area (Å²) in [6.45, 7) is 0.409. The molecule has 0 N–H and O–H groups in total. The van der Waals surface area contributed by atoms with Gasteiger partial charge in [0.2, 0.25) is 5.91 Å². The SMILES string of the molecule is COc1ccc(Cl)cc1CN(C)C(=O)/C=C/c1nc2ccccc2s1. The molecule has 3 aromatic rings. The number of ether oxygens (including phenoxy) is 1. The minimum Gasteiger partial charge on any atom is -0.496 e. The number of thiazole rings is 1. The molecule has 0 saturated heterocycles. The van der Waals surface area contributed by atoms with Crippen molar-refractivity contribution in [2.45, 2.75) is 6.54 Å². The molecule has 0 aliphatic rings. The second kappa shape index (κ2) is 7.68. The van der Waals surface area contributed by atoms with Gasteiger partial charge in [-0.05, 0) is 36.4 Å². The lowest BCUT2D eigenvalue weighted by Crippen LogP contribution is -2.24. The normalized spacial score (nSPS) is 11.2. The number of hydrogen-bond acceptors (Lipinski definition) is 4. The van der Waals surface area contributed by atoms with Gasteiger partial charge in [0.15, 0.2) is 0 Å². The molecule has 128 valence electrons. The number of amides is 1. The quantitative estimate of drug-likeness (QED) is 0.613. The molecule has 0 spiro atoms. The number of rotatable bonds is 5. The van der Waals surface area contributed by atoms with Crippen molar-refractivity contribution in [2.24, 2.45) is 0 Å². The summed E-state index contributed by atoms with van der Waals surface area (Å²) < 4.78 is 6.42. The first-order valence-corrected chi connectivity index (χ1v) is 8.87. The zero-order chi connectivity index (χ0) is 17.8. The van der Waals surface area contributed by atoms with Crippen LogP contribution < -0.4 is 4.74 Å². The molecule has 3 rings (SSSR count). The number of fused-ring (bicyclic) bond motifs is 1. The van der Waals surface area contributed by atoms with Crippen LogP contribution in [0.25, 0.3) is 16.3 Å². The van der Waals surface area contributed by atoms with Crippen molar-refractivity contribution >= 4 is 45.1 Å². The van der Waals surface area contributed by atoms with E-state index in [2.05, 4.69) is 4.98 Å². The third-order valence-electron chi connectivity index (χ3n) is 3.71. The van der Waals surface area contributed by atoms with Crippen molar-refractivity contribution in [3.8, 4) is 5.75 Å². The number of carbonyl (C=O) groups excluding carboxylic acids is 1. The number of nitrogens with zero attached hydrogens (tertiary/aromatic N) is 2. The van der Waals surface area contributed by atoms with Gasteiger partial charge in [-0.25, -0.2) is 4.98 Å². The number of aromatic nitrogens is 1. The third kappa shape index (κ3) is 4.18. The van der Waals surface area contributed by atoms with Crippen LogP contribution in [0.4, 0.5) is 0 Å². The maximum atomic E-state index is 12.4. The Labute approximate surface area is 155 Å². The Morgan fingerprint density at radius 3 is 2.88 bits per heavy atom. The first kappa shape index (κ1) is 17.5. The summed E-state index contributed by atoms with van der Waals surface area (Å²) in [6, 6.07) is 13.3. The zero-order valence-electron chi connectivity index (χ0n) is 13.9. The minimum absolute atomic E-state index is 0.110. The number of benzene rings is 2. The van der Waals surface area contributed by atoms with Crippen LogP contribution in [0.2, 0.25) is 5.02 Å². The second-order valence-corrected chi connectivity index (χ2v) is 7.00. The molecule has 0 fully saturated rings. The summed E-state index contributed by atoms with van der Waals surface area (Å²) in [6.07, 6.45) is 3.29. The lowest BCUT2D eigenvalue weighted by Gasteiger charge is -2.17. The molecule has 25 heavy (non-hydrogen) atoms. The Morgan fingerprint density at radius 1 is 1.32 bits per heavy atom. The highest BCUT2D eigenvalue weighted by Gasteiger charge is 2.11. The zero-order valence-corrected chi connectivity index (χ0v) is 15.5. The summed E-state index contributed by atoms with van der Waals surface area (Å²) in [7, 11) is 3.34. The monoisotopic (exact) mass is 372 g/mol. The summed E-state index contributed by atoms with van der Waals surface area (Å²) in [5, 5.41) is 1.42. The predicted molar refractivity (Wildman–Crippen MR) is 103 cm³/mol. The van der Waals surface area contributed by atoms with E-state index in [-0.39, 0.29) is 5.91 Å². The van der Waals surface area contributed by atoms with Crippen LogP contribution in [0, 0.1) is 0 Å². The molecule has 2 aromatic carbocycles. The Hall–Kier alpha value is -2.37. The maximum absolute atomic E-state index is 12.4. The van der Waals surface area contributed by atoms with Gasteiger partial charge in [0.05, 0.1) is 17.3 Å². The molecule has 1 heterocycles. The summed E-state index contributed by atoms with van der Waals surface area (Å²) in [4.78, 5) is 18.5. The van der Waals surface area contributed by atoms with E-state index in [9.17, 15) is 4.79 Å². The molecule has 0 saturated carbocycles. The Bertz CT molecular complexity index is 903. The Morgan fingerprint density at radius 2 is 2.12 bits per heavy atom. The first-order valence-electron chi connectivity index (χ1n) is 7.68. The Kier molecular flexibility index (Phi) is 5.36. The van der Waals surface area contributed by atoms with E-state index in [1.165, 1.54) is 6.08 Å². The average Bonchev–Trinajstić information content (AvgIpc) is 3.02. The fraction of sp³-hybridized carbons (Fsp3) is 0.158. The fourth-order valence-corrected chi connectivity index (χ4v) is 3.50. The van der Waals surface area contributed by atoms with Gasteiger partial charge in [-0.15, -0.1) is 11.3 Å².